The molecule has 1 saturated carbocycles. The summed E-state index contributed by atoms with van der Waals surface area (Å²) in [5.41, 5.74) is 7.69. The van der Waals surface area contributed by atoms with Crippen LogP contribution in [0.4, 0.5) is 0 Å². The predicted octanol–water partition coefficient (Wildman–Crippen LogP) is 2.85. The summed E-state index contributed by atoms with van der Waals surface area (Å²) < 4.78 is 2.09. The lowest BCUT2D eigenvalue weighted by Gasteiger charge is -2.39. The van der Waals surface area contributed by atoms with E-state index in [4.69, 9.17) is 5.73 Å². The predicted molar refractivity (Wildman–Crippen MR) is 71.3 cm³/mol. The van der Waals surface area contributed by atoms with Crippen LogP contribution >= 0.6 is 11.3 Å². The van der Waals surface area contributed by atoms with Crippen molar-refractivity contribution in [1.82, 2.24) is 9.38 Å². The second-order valence-electron chi connectivity index (χ2n) is 5.38. The quantitative estimate of drug-likeness (QED) is 0.889. The molecule has 0 amide bonds. The molecule has 1 aliphatic carbocycles. The molecule has 2 unspecified atom stereocenters. The maximum Gasteiger partial charge on any atom is 0.193 e. The minimum atomic E-state index is -0.0394. The van der Waals surface area contributed by atoms with Crippen molar-refractivity contribution in [2.24, 2.45) is 11.7 Å². The Bertz CT molecular complexity index is 487. The van der Waals surface area contributed by atoms with Crippen LogP contribution in [0.15, 0.2) is 17.8 Å². The molecule has 0 radical (unpaired) electrons. The SMILES string of the molecule is CC1CCCCC1(N)Cc1cn2ccsc2n1. The van der Waals surface area contributed by atoms with Gasteiger partial charge in [-0.1, -0.05) is 19.8 Å². The van der Waals surface area contributed by atoms with Crippen LogP contribution in [0, 0.1) is 5.92 Å². The number of imidazole rings is 1. The van der Waals surface area contributed by atoms with Gasteiger partial charge in [0.2, 0.25) is 0 Å². The number of nitrogens with zero attached hydrogens (tertiary/aromatic N) is 2. The van der Waals surface area contributed by atoms with Gasteiger partial charge >= 0.3 is 0 Å². The third kappa shape index (κ3) is 2.00. The van der Waals surface area contributed by atoms with Crippen LogP contribution in [0.25, 0.3) is 4.96 Å². The van der Waals surface area contributed by atoms with Gasteiger partial charge in [0.15, 0.2) is 4.96 Å². The molecule has 17 heavy (non-hydrogen) atoms. The molecule has 2 aromatic rings. The number of aromatic nitrogens is 2. The Labute approximate surface area is 106 Å². The maximum absolute atomic E-state index is 6.58. The normalized spacial score (nSPS) is 29.9. The minimum absolute atomic E-state index is 0.0394. The monoisotopic (exact) mass is 249 g/mol. The van der Waals surface area contributed by atoms with Crippen LogP contribution in [-0.4, -0.2) is 14.9 Å². The maximum atomic E-state index is 6.58. The highest BCUT2D eigenvalue weighted by Gasteiger charge is 2.34. The average Bonchev–Trinajstić information content (AvgIpc) is 2.83. The molecule has 2 N–H and O–H groups in total. The van der Waals surface area contributed by atoms with Crippen molar-refractivity contribution in [3.8, 4) is 0 Å². The summed E-state index contributed by atoms with van der Waals surface area (Å²) in [6.45, 7) is 2.29. The second-order valence-corrected chi connectivity index (χ2v) is 6.25. The molecule has 1 aliphatic rings. The standard InChI is InChI=1S/C13H19N3S/c1-10-4-2-3-5-13(10,14)8-11-9-16-6-7-17-12(16)15-11/h6-7,9-10H,2-5,8,14H2,1H3. The molecule has 92 valence electrons. The lowest BCUT2D eigenvalue weighted by Crippen LogP contribution is -2.50. The Balaban J connectivity index is 1.83. The molecule has 0 spiro atoms. The van der Waals surface area contributed by atoms with Crippen molar-refractivity contribution in [3.05, 3.63) is 23.5 Å². The number of fused-ring (bicyclic) bond motifs is 1. The summed E-state index contributed by atoms with van der Waals surface area (Å²) in [7, 11) is 0. The van der Waals surface area contributed by atoms with Crippen LogP contribution in [0.1, 0.15) is 38.3 Å². The van der Waals surface area contributed by atoms with Crippen LogP contribution in [-0.2, 0) is 6.42 Å². The second kappa shape index (κ2) is 4.10. The van der Waals surface area contributed by atoms with Gasteiger partial charge in [0.1, 0.15) is 0 Å². The van der Waals surface area contributed by atoms with Crippen LogP contribution in [0.5, 0.6) is 0 Å². The number of rotatable bonds is 2. The Morgan fingerprint density at radius 1 is 1.59 bits per heavy atom. The summed E-state index contributed by atoms with van der Waals surface area (Å²) in [6, 6.07) is 0. The highest BCUT2D eigenvalue weighted by molar-refractivity contribution is 7.15. The lowest BCUT2D eigenvalue weighted by molar-refractivity contribution is 0.202. The molecule has 0 aromatic carbocycles. The van der Waals surface area contributed by atoms with E-state index in [1.165, 1.54) is 19.3 Å². The first-order chi connectivity index (χ1) is 8.17. The molecule has 3 nitrogen and oxygen atoms in total. The Morgan fingerprint density at radius 3 is 3.24 bits per heavy atom. The van der Waals surface area contributed by atoms with Crippen molar-refractivity contribution < 1.29 is 0 Å². The third-order valence-electron chi connectivity index (χ3n) is 4.16. The van der Waals surface area contributed by atoms with Gasteiger partial charge in [0.05, 0.1) is 5.69 Å². The lowest BCUT2D eigenvalue weighted by atomic mass is 9.72. The molecule has 4 heteroatoms. The van der Waals surface area contributed by atoms with E-state index < -0.39 is 0 Å². The smallest absolute Gasteiger partial charge is 0.193 e. The molecule has 2 heterocycles. The van der Waals surface area contributed by atoms with E-state index in [0.29, 0.717) is 5.92 Å². The third-order valence-corrected chi connectivity index (χ3v) is 4.93. The van der Waals surface area contributed by atoms with Gasteiger partial charge in [-0.2, -0.15) is 0 Å². The molecule has 1 fully saturated rings. The van der Waals surface area contributed by atoms with Gasteiger partial charge in [0, 0.05) is 29.7 Å². The van der Waals surface area contributed by atoms with E-state index in [1.54, 1.807) is 11.3 Å². The van der Waals surface area contributed by atoms with Crippen molar-refractivity contribution in [3.63, 3.8) is 0 Å². The van der Waals surface area contributed by atoms with Gasteiger partial charge < -0.3 is 5.73 Å². The summed E-state index contributed by atoms with van der Waals surface area (Å²) in [5.74, 6) is 0.607. The van der Waals surface area contributed by atoms with E-state index >= 15 is 0 Å². The molecule has 2 aromatic heterocycles. The van der Waals surface area contributed by atoms with Crippen molar-refractivity contribution in [2.45, 2.75) is 44.6 Å². The topological polar surface area (TPSA) is 43.3 Å². The fourth-order valence-electron chi connectivity index (χ4n) is 2.90. The van der Waals surface area contributed by atoms with Gasteiger partial charge in [0.25, 0.3) is 0 Å². The van der Waals surface area contributed by atoms with Crippen LogP contribution in [0.2, 0.25) is 0 Å². The molecule has 0 aliphatic heterocycles. The van der Waals surface area contributed by atoms with Gasteiger partial charge in [-0.15, -0.1) is 11.3 Å². The number of thiazole rings is 1. The van der Waals surface area contributed by atoms with E-state index in [-0.39, 0.29) is 5.54 Å². The molecular formula is C13H19N3S. The number of hydrogen-bond donors (Lipinski definition) is 1. The van der Waals surface area contributed by atoms with Crippen LogP contribution in [0.3, 0.4) is 0 Å². The van der Waals surface area contributed by atoms with Crippen molar-refractivity contribution in [2.75, 3.05) is 0 Å². The summed E-state index contributed by atoms with van der Waals surface area (Å²) in [4.78, 5) is 5.72. The van der Waals surface area contributed by atoms with Gasteiger partial charge in [-0.3, -0.25) is 4.40 Å². The molecular weight excluding hydrogens is 230 g/mol. The zero-order valence-electron chi connectivity index (χ0n) is 10.2. The highest BCUT2D eigenvalue weighted by atomic mass is 32.1. The van der Waals surface area contributed by atoms with E-state index in [2.05, 4.69) is 34.1 Å². The Kier molecular flexibility index (Phi) is 2.71. The first-order valence-electron chi connectivity index (χ1n) is 6.37. The number of nitrogens with two attached hydrogens (primary N) is 1. The fraction of sp³-hybridized carbons (Fsp3) is 0.615. The molecule has 0 bridgehead atoms. The fourth-order valence-corrected chi connectivity index (χ4v) is 3.62. The summed E-state index contributed by atoms with van der Waals surface area (Å²) in [5, 5.41) is 2.06. The summed E-state index contributed by atoms with van der Waals surface area (Å²) in [6.07, 6.45) is 10.1. The first-order valence-corrected chi connectivity index (χ1v) is 7.25. The van der Waals surface area contributed by atoms with E-state index in [1.807, 2.05) is 0 Å². The van der Waals surface area contributed by atoms with Crippen LogP contribution < -0.4 is 5.73 Å². The first kappa shape index (κ1) is 11.2. The highest BCUT2D eigenvalue weighted by Crippen LogP contribution is 2.34. The Hall–Kier alpha value is -0.870. The van der Waals surface area contributed by atoms with E-state index in [9.17, 15) is 0 Å². The Morgan fingerprint density at radius 2 is 2.47 bits per heavy atom. The van der Waals surface area contributed by atoms with Gasteiger partial charge in [-0.05, 0) is 18.8 Å². The van der Waals surface area contributed by atoms with Gasteiger partial charge in [-0.25, -0.2) is 4.98 Å². The average molecular weight is 249 g/mol. The van der Waals surface area contributed by atoms with Crippen molar-refractivity contribution in [1.29, 1.82) is 0 Å². The van der Waals surface area contributed by atoms with Crippen molar-refractivity contribution >= 4 is 16.3 Å². The number of hydrogen-bond acceptors (Lipinski definition) is 3. The van der Waals surface area contributed by atoms with E-state index in [0.717, 1.165) is 23.5 Å². The minimum Gasteiger partial charge on any atom is -0.325 e. The summed E-state index contributed by atoms with van der Waals surface area (Å²) >= 11 is 1.68. The molecule has 3 rings (SSSR count). The largest absolute Gasteiger partial charge is 0.325 e. The molecule has 2 atom stereocenters. The molecule has 0 saturated heterocycles. The zero-order valence-corrected chi connectivity index (χ0v) is 11.0. The zero-order chi connectivity index (χ0) is 11.9.